The molecule has 5 heteroatoms. The normalized spacial score (nSPS) is 11.0. The number of rotatable bonds is 5. The van der Waals surface area contributed by atoms with E-state index < -0.39 is 0 Å². The zero-order chi connectivity index (χ0) is 19.7. The summed E-state index contributed by atoms with van der Waals surface area (Å²) in [6.45, 7) is 4.13. The molecule has 4 rings (SSSR count). The average molecular weight is 374 g/mol. The molecule has 0 aliphatic rings. The minimum Gasteiger partial charge on any atom is -0.495 e. The van der Waals surface area contributed by atoms with Crippen LogP contribution in [0.3, 0.4) is 0 Å². The van der Waals surface area contributed by atoms with Gasteiger partial charge in [0.05, 0.1) is 19.3 Å². The molecule has 0 saturated heterocycles. The summed E-state index contributed by atoms with van der Waals surface area (Å²) in [7, 11) is 1.62. The molecule has 0 unspecified atom stereocenters. The molecular weight excluding hydrogens is 352 g/mol. The van der Waals surface area contributed by atoms with E-state index in [-0.39, 0.29) is 12.5 Å². The van der Waals surface area contributed by atoms with Crippen LogP contribution in [0, 0.1) is 13.8 Å². The molecule has 1 heterocycles. The summed E-state index contributed by atoms with van der Waals surface area (Å²) in [6, 6.07) is 17.6. The highest BCUT2D eigenvalue weighted by atomic mass is 16.5. The molecule has 1 amide bonds. The second kappa shape index (κ2) is 7.27. The number of para-hydroxylation sites is 1. The van der Waals surface area contributed by atoms with E-state index in [9.17, 15) is 4.79 Å². The van der Waals surface area contributed by atoms with Crippen molar-refractivity contribution in [3.8, 4) is 5.75 Å². The number of anilines is 2. The molecule has 2 N–H and O–H groups in total. The van der Waals surface area contributed by atoms with Gasteiger partial charge in [-0.2, -0.15) is 0 Å². The second-order valence-electron chi connectivity index (χ2n) is 6.87. The van der Waals surface area contributed by atoms with E-state index in [2.05, 4.69) is 10.6 Å². The van der Waals surface area contributed by atoms with Crippen molar-refractivity contribution < 1.29 is 13.9 Å². The number of hydrogen-bond acceptors (Lipinski definition) is 4. The Bertz CT molecular complexity index is 1180. The maximum absolute atomic E-state index is 12.4. The van der Waals surface area contributed by atoms with Gasteiger partial charge in [-0.1, -0.05) is 35.9 Å². The molecule has 0 bridgehead atoms. The zero-order valence-corrected chi connectivity index (χ0v) is 16.1. The molecule has 0 spiro atoms. The Morgan fingerprint density at radius 1 is 0.964 bits per heavy atom. The summed E-state index contributed by atoms with van der Waals surface area (Å²) in [6.07, 6.45) is 0. The molecule has 5 nitrogen and oxygen atoms in total. The van der Waals surface area contributed by atoms with Crippen LogP contribution in [0.25, 0.3) is 21.9 Å². The third kappa shape index (κ3) is 3.39. The fraction of sp³-hybridized carbons (Fsp3) is 0.174. The van der Waals surface area contributed by atoms with Crippen LogP contribution >= 0.6 is 0 Å². The van der Waals surface area contributed by atoms with E-state index in [4.69, 9.17) is 9.15 Å². The van der Waals surface area contributed by atoms with Crippen molar-refractivity contribution in [2.75, 3.05) is 24.3 Å². The summed E-state index contributed by atoms with van der Waals surface area (Å²) in [5.74, 6) is 0.539. The number of aryl methyl sites for hydroxylation is 2. The summed E-state index contributed by atoms with van der Waals surface area (Å²) in [4.78, 5) is 12.4. The van der Waals surface area contributed by atoms with Gasteiger partial charge in [0.25, 0.3) is 0 Å². The molecule has 0 radical (unpaired) electrons. The van der Waals surface area contributed by atoms with Crippen LogP contribution in [-0.2, 0) is 4.79 Å². The molecule has 0 aliphatic heterocycles. The van der Waals surface area contributed by atoms with E-state index >= 15 is 0 Å². The van der Waals surface area contributed by atoms with Gasteiger partial charge >= 0.3 is 0 Å². The fourth-order valence-electron chi connectivity index (χ4n) is 3.38. The second-order valence-corrected chi connectivity index (χ2v) is 6.87. The van der Waals surface area contributed by atoms with Gasteiger partial charge in [0.1, 0.15) is 16.9 Å². The van der Waals surface area contributed by atoms with Gasteiger partial charge in [0, 0.05) is 22.5 Å². The van der Waals surface area contributed by atoms with Crippen LogP contribution < -0.4 is 15.4 Å². The van der Waals surface area contributed by atoms with Crippen molar-refractivity contribution in [1.82, 2.24) is 0 Å². The highest BCUT2D eigenvalue weighted by molar-refractivity contribution is 6.06. The predicted molar refractivity (Wildman–Crippen MR) is 113 cm³/mol. The molecular formula is C23H22N2O3. The number of carbonyl (C=O) groups is 1. The van der Waals surface area contributed by atoms with Gasteiger partial charge in [0.15, 0.2) is 0 Å². The zero-order valence-electron chi connectivity index (χ0n) is 16.1. The minimum absolute atomic E-state index is 0.120. The summed E-state index contributed by atoms with van der Waals surface area (Å²) < 4.78 is 11.4. The lowest BCUT2D eigenvalue weighted by atomic mass is 10.1. The number of ether oxygens (including phenoxy) is 1. The lowest BCUT2D eigenvalue weighted by Crippen LogP contribution is -2.22. The van der Waals surface area contributed by atoms with Crippen molar-refractivity contribution in [2.45, 2.75) is 13.8 Å². The monoisotopic (exact) mass is 374 g/mol. The summed E-state index contributed by atoms with van der Waals surface area (Å²) in [5, 5.41) is 8.11. The van der Waals surface area contributed by atoms with Gasteiger partial charge in [-0.25, -0.2) is 0 Å². The summed E-state index contributed by atoms with van der Waals surface area (Å²) >= 11 is 0. The standard InChI is InChI=1S/C23H22N2O3/c1-14-8-9-18(15(2)10-14)25-23(26)13-24-19-12-21-17(11-22(19)27-3)16-6-4-5-7-20(16)28-21/h4-12,24H,13H2,1-3H3,(H,25,26). The number of benzene rings is 3. The maximum Gasteiger partial charge on any atom is 0.243 e. The molecule has 0 aliphatic carbocycles. The number of hydrogen-bond donors (Lipinski definition) is 2. The quantitative estimate of drug-likeness (QED) is 0.500. The van der Waals surface area contributed by atoms with E-state index in [1.54, 1.807) is 7.11 Å². The van der Waals surface area contributed by atoms with Gasteiger partial charge in [-0.05, 0) is 37.6 Å². The van der Waals surface area contributed by atoms with Crippen LogP contribution in [0.5, 0.6) is 5.75 Å². The van der Waals surface area contributed by atoms with Gasteiger partial charge in [-0.15, -0.1) is 0 Å². The van der Waals surface area contributed by atoms with Crippen molar-refractivity contribution >= 4 is 39.2 Å². The van der Waals surface area contributed by atoms with Crippen molar-refractivity contribution in [2.24, 2.45) is 0 Å². The Kier molecular flexibility index (Phi) is 4.65. The summed E-state index contributed by atoms with van der Waals surface area (Å²) in [5.41, 5.74) is 5.30. The Balaban J connectivity index is 1.55. The van der Waals surface area contributed by atoms with E-state index in [1.165, 1.54) is 0 Å². The number of fused-ring (bicyclic) bond motifs is 3. The Hall–Kier alpha value is -3.47. The van der Waals surface area contributed by atoms with Crippen LogP contribution in [-0.4, -0.2) is 19.6 Å². The first-order valence-electron chi connectivity index (χ1n) is 9.15. The number of nitrogens with one attached hydrogen (secondary N) is 2. The van der Waals surface area contributed by atoms with Gasteiger partial charge < -0.3 is 19.8 Å². The van der Waals surface area contributed by atoms with Crippen LogP contribution in [0.2, 0.25) is 0 Å². The Labute approximate surface area is 163 Å². The third-order valence-corrected chi connectivity index (χ3v) is 4.79. The molecule has 0 atom stereocenters. The molecule has 0 fully saturated rings. The SMILES string of the molecule is COc1cc2c(cc1NCC(=O)Nc1ccc(C)cc1C)oc1ccccc12. The highest BCUT2D eigenvalue weighted by Crippen LogP contribution is 2.36. The van der Waals surface area contributed by atoms with E-state index in [0.717, 1.165) is 38.8 Å². The van der Waals surface area contributed by atoms with E-state index in [1.807, 2.05) is 68.4 Å². The maximum atomic E-state index is 12.4. The number of furan rings is 1. The lowest BCUT2D eigenvalue weighted by Gasteiger charge is -2.13. The third-order valence-electron chi connectivity index (χ3n) is 4.79. The Morgan fingerprint density at radius 2 is 1.79 bits per heavy atom. The number of methoxy groups -OCH3 is 1. The van der Waals surface area contributed by atoms with Crippen LogP contribution in [0.4, 0.5) is 11.4 Å². The van der Waals surface area contributed by atoms with Crippen molar-refractivity contribution in [3.63, 3.8) is 0 Å². The highest BCUT2D eigenvalue weighted by Gasteiger charge is 2.13. The fourth-order valence-corrected chi connectivity index (χ4v) is 3.38. The first-order chi connectivity index (χ1) is 13.5. The smallest absolute Gasteiger partial charge is 0.243 e. The van der Waals surface area contributed by atoms with Gasteiger partial charge in [-0.3, -0.25) is 4.79 Å². The van der Waals surface area contributed by atoms with Crippen LogP contribution in [0.15, 0.2) is 59.0 Å². The largest absolute Gasteiger partial charge is 0.495 e. The first-order valence-corrected chi connectivity index (χ1v) is 9.15. The first kappa shape index (κ1) is 17.9. The topological polar surface area (TPSA) is 63.5 Å². The van der Waals surface area contributed by atoms with Crippen molar-refractivity contribution in [3.05, 3.63) is 65.7 Å². The number of carbonyl (C=O) groups excluding carboxylic acids is 1. The molecule has 3 aromatic carbocycles. The Morgan fingerprint density at radius 3 is 2.57 bits per heavy atom. The minimum atomic E-state index is -0.126. The number of amides is 1. The predicted octanol–water partition coefficient (Wildman–Crippen LogP) is 5.26. The molecule has 28 heavy (non-hydrogen) atoms. The van der Waals surface area contributed by atoms with Gasteiger partial charge in [0.2, 0.25) is 5.91 Å². The molecule has 4 aromatic rings. The molecule has 142 valence electrons. The lowest BCUT2D eigenvalue weighted by molar-refractivity contribution is -0.114. The van der Waals surface area contributed by atoms with Crippen molar-refractivity contribution in [1.29, 1.82) is 0 Å². The molecule has 0 saturated carbocycles. The molecule has 1 aromatic heterocycles. The van der Waals surface area contributed by atoms with E-state index in [0.29, 0.717) is 11.4 Å². The average Bonchev–Trinajstić information content (AvgIpc) is 3.05. The van der Waals surface area contributed by atoms with Crippen LogP contribution in [0.1, 0.15) is 11.1 Å².